The Balaban J connectivity index is 1.54. The second-order valence-corrected chi connectivity index (χ2v) is 6.79. The monoisotopic (exact) mass is 360 g/mol. The molecular weight excluding hydrogens is 340 g/mol. The smallest absolute Gasteiger partial charge is 0.226 e. The maximum absolute atomic E-state index is 12.5. The number of benzene rings is 1. The quantitative estimate of drug-likeness (QED) is 0.879. The summed E-state index contributed by atoms with van der Waals surface area (Å²) in [4.78, 5) is 18.5. The molecule has 2 aromatic rings. The number of phenolic OH excluding ortho intramolecular Hbond substituents is 1. The summed E-state index contributed by atoms with van der Waals surface area (Å²) in [6.07, 6.45) is 2.85. The van der Waals surface area contributed by atoms with E-state index in [9.17, 15) is 15.0 Å². The van der Waals surface area contributed by atoms with Crippen LogP contribution in [0.5, 0.6) is 5.75 Å². The summed E-state index contributed by atoms with van der Waals surface area (Å²) in [6, 6.07) is 10.3. The molecule has 132 valence electrons. The van der Waals surface area contributed by atoms with E-state index in [4.69, 9.17) is 11.6 Å². The largest absolute Gasteiger partial charge is 0.506 e. The van der Waals surface area contributed by atoms with E-state index in [0.29, 0.717) is 18.8 Å². The molecule has 1 amide bonds. The number of carbonyl (C=O) groups is 1. The summed E-state index contributed by atoms with van der Waals surface area (Å²) in [5, 5.41) is 20.2. The van der Waals surface area contributed by atoms with Gasteiger partial charge in [0, 0.05) is 19.3 Å². The number of hydrogen-bond acceptors (Lipinski definition) is 4. The van der Waals surface area contributed by atoms with Gasteiger partial charge in [0.05, 0.1) is 23.2 Å². The van der Waals surface area contributed by atoms with Crippen molar-refractivity contribution in [1.29, 1.82) is 0 Å². The molecule has 6 heteroatoms. The molecule has 0 saturated carbocycles. The number of rotatable bonds is 4. The lowest BCUT2D eigenvalue weighted by molar-refractivity contribution is -0.132. The Labute approximate surface area is 151 Å². The average Bonchev–Trinajstić information content (AvgIpc) is 2.65. The van der Waals surface area contributed by atoms with Gasteiger partial charge in [-0.3, -0.25) is 9.78 Å². The minimum Gasteiger partial charge on any atom is -0.506 e. The number of halogens is 1. The molecule has 1 saturated heterocycles. The van der Waals surface area contributed by atoms with E-state index in [2.05, 4.69) is 4.98 Å². The van der Waals surface area contributed by atoms with Crippen molar-refractivity contribution in [3.05, 3.63) is 58.9 Å². The fourth-order valence-corrected chi connectivity index (χ4v) is 3.41. The van der Waals surface area contributed by atoms with Gasteiger partial charge < -0.3 is 15.1 Å². The minimum atomic E-state index is -0.589. The van der Waals surface area contributed by atoms with Gasteiger partial charge in [-0.2, -0.15) is 0 Å². The lowest BCUT2D eigenvalue weighted by atomic mass is 9.89. The molecule has 25 heavy (non-hydrogen) atoms. The van der Waals surface area contributed by atoms with Crippen LogP contribution < -0.4 is 0 Å². The Morgan fingerprint density at radius 1 is 1.28 bits per heavy atom. The zero-order valence-electron chi connectivity index (χ0n) is 13.8. The zero-order chi connectivity index (χ0) is 17.8. The molecule has 2 N–H and O–H groups in total. The molecule has 1 aliphatic rings. The van der Waals surface area contributed by atoms with Crippen molar-refractivity contribution >= 4 is 17.5 Å². The van der Waals surface area contributed by atoms with Crippen LogP contribution in [-0.4, -0.2) is 39.1 Å². The molecule has 0 bridgehead atoms. The Kier molecular flexibility index (Phi) is 5.56. The molecule has 1 aromatic carbocycles. The highest BCUT2D eigenvalue weighted by atomic mass is 35.5. The van der Waals surface area contributed by atoms with Crippen molar-refractivity contribution in [1.82, 2.24) is 9.88 Å². The van der Waals surface area contributed by atoms with Gasteiger partial charge in [0.1, 0.15) is 5.75 Å². The predicted molar refractivity (Wildman–Crippen MR) is 95.3 cm³/mol. The number of aromatic hydroxyl groups is 1. The summed E-state index contributed by atoms with van der Waals surface area (Å²) < 4.78 is 0. The number of phenols is 1. The second-order valence-electron chi connectivity index (χ2n) is 6.38. The number of carbonyl (C=O) groups excluding carboxylic acids is 1. The van der Waals surface area contributed by atoms with Gasteiger partial charge in [0.2, 0.25) is 5.91 Å². The summed E-state index contributed by atoms with van der Waals surface area (Å²) in [5.41, 5.74) is 1.47. The number of piperidine rings is 1. The van der Waals surface area contributed by atoms with E-state index in [0.717, 1.165) is 18.4 Å². The minimum absolute atomic E-state index is 0.0159. The molecule has 3 rings (SSSR count). The van der Waals surface area contributed by atoms with Crippen LogP contribution in [0.15, 0.2) is 42.6 Å². The fraction of sp³-hybridized carbons (Fsp3) is 0.368. The first kappa shape index (κ1) is 17.7. The molecule has 0 spiro atoms. The topological polar surface area (TPSA) is 73.7 Å². The van der Waals surface area contributed by atoms with Crippen molar-refractivity contribution in [3.8, 4) is 5.75 Å². The summed E-state index contributed by atoms with van der Waals surface area (Å²) >= 11 is 5.89. The molecule has 1 aliphatic heterocycles. The third-order valence-corrected chi connectivity index (χ3v) is 5.00. The third kappa shape index (κ3) is 4.30. The highest BCUT2D eigenvalue weighted by Gasteiger charge is 2.28. The average molecular weight is 361 g/mol. The first-order chi connectivity index (χ1) is 12.0. The number of pyridine rings is 1. The Hall–Kier alpha value is -2.11. The number of aromatic nitrogens is 1. The van der Waals surface area contributed by atoms with Crippen LogP contribution >= 0.6 is 11.6 Å². The van der Waals surface area contributed by atoms with Crippen molar-refractivity contribution < 1.29 is 15.0 Å². The normalized spacial score (nSPS) is 16.6. The van der Waals surface area contributed by atoms with E-state index in [1.807, 2.05) is 23.1 Å². The van der Waals surface area contributed by atoms with E-state index in [-0.39, 0.29) is 29.0 Å². The lowest BCUT2D eigenvalue weighted by Crippen LogP contribution is -2.40. The SMILES string of the molecule is O=C(Cc1ccc(O)c(Cl)c1)N1CCC([C@@H](O)c2ccccn2)CC1. The number of aliphatic hydroxyl groups excluding tert-OH is 1. The summed E-state index contributed by atoms with van der Waals surface area (Å²) in [7, 11) is 0. The molecular formula is C19H21ClN2O3. The first-order valence-corrected chi connectivity index (χ1v) is 8.76. The van der Waals surface area contributed by atoms with E-state index in [1.54, 1.807) is 18.3 Å². The molecule has 2 heterocycles. The van der Waals surface area contributed by atoms with Crippen LogP contribution in [0.4, 0.5) is 0 Å². The van der Waals surface area contributed by atoms with Gasteiger partial charge in [-0.05, 0) is 48.6 Å². The molecule has 1 aromatic heterocycles. The van der Waals surface area contributed by atoms with Crippen molar-refractivity contribution in [2.24, 2.45) is 5.92 Å². The summed E-state index contributed by atoms with van der Waals surface area (Å²) in [6.45, 7) is 1.25. The highest BCUT2D eigenvalue weighted by Crippen LogP contribution is 2.30. The molecule has 5 nitrogen and oxygen atoms in total. The standard InChI is InChI=1S/C19H21ClN2O3/c20-15-11-13(4-5-17(15)23)12-18(24)22-9-6-14(7-10-22)19(25)16-3-1-2-8-21-16/h1-5,8,11,14,19,23,25H,6-7,9-10,12H2/t19-/m1/s1. The second kappa shape index (κ2) is 7.85. The molecule has 0 aliphatic carbocycles. The molecule has 0 radical (unpaired) electrons. The number of amides is 1. The van der Waals surface area contributed by atoms with Crippen LogP contribution in [0.1, 0.15) is 30.2 Å². The molecule has 1 atom stereocenters. The predicted octanol–water partition coefficient (Wildman–Crippen LogP) is 2.96. The first-order valence-electron chi connectivity index (χ1n) is 8.39. The van der Waals surface area contributed by atoms with Crippen molar-refractivity contribution in [3.63, 3.8) is 0 Å². The maximum atomic E-state index is 12.5. The zero-order valence-corrected chi connectivity index (χ0v) is 14.6. The number of hydrogen-bond donors (Lipinski definition) is 2. The Morgan fingerprint density at radius 2 is 2.04 bits per heavy atom. The third-order valence-electron chi connectivity index (χ3n) is 4.70. The highest BCUT2D eigenvalue weighted by molar-refractivity contribution is 6.32. The van der Waals surface area contributed by atoms with Crippen LogP contribution in [-0.2, 0) is 11.2 Å². The van der Waals surface area contributed by atoms with E-state index in [1.165, 1.54) is 6.07 Å². The fourth-order valence-electron chi connectivity index (χ4n) is 3.20. The Bertz CT molecular complexity index is 731. The van der Waals surface area contributed by atoms with E-state index >= 15 is 0 Å². The Morgan fingerprint density at radius 3 is 2.68 bits per heavy atom. The van der Waals surface area contributed by atoms with Crippen LogP contribution in [0.2, 0.25) is 5.02 Å². The van der Waals surface area contributed by atoms with Crippen LogP contribution in [0, 0.1) is 5.92 Å². The number of aliphatic hydroxyl groups is 1. The van der Waals surface area contributed by atoms with Crippen molar-refractivity contribution in [2.75, 3.05) is 13.1 Å². The van der Waals surface area contributed by atoms with Gasteiger partial charge in [-0.1, -0.05) is 23.7 Å². The van der Waals surface area contributed by atoms with Gasteiger partial charge in [-0.25, -0.2) is 0 Å². The van der Waals surface area contributed by atoms with Crippen LogP contribution in [0.25, 0.3) is 0 Å². The van der Waals surface area contributed by atoms with Gasteiger partial charge in [0.15, 0.2) is 0 Å². The molecule has 0 unspecified atom stereocenters. The number of nitrogens with zero attached hydrogens (tertiary/aromatic N) is 2. The van der Waals surface area contributed by atoms with E-state index < -0.39 is 6.10 Å². The lowest BCUT2D eigenvalue weighted by Gasteiger charge is -2.34. The van der Waals surface area contributed by atoms with Gasteiger partial charge >= 0.3 is 0 Å². The van der Waals surface area contributed by atoms with Gasteiger partial charge in [-0.15, -0.1) is 0 Å². The summed E-state index contributed by atoms with van der Waals surface area (Å²) in [5.74, 6) is 0.164. The maximum Gasteiger partial charge on any atom is 0.226 e. The van der Waals surface area contributed by atoms with Gasteiger partial charge in [0.25, 0.3) is 0 Å². The van der Waals surface area contributed by atoms with Crippen LogP contribution in [0.3, 0.4) is 0 Å². The van der Waals surface area contributed by atoms with Crippen molar-refractivity contribution in [2.45, 2.75) is 25.4 Å². The number of likely N-dealkylation sites (tertiary alicyclic amines) is 1. The molecule has 1 fully saturated rings.